The van der Waals surface area contributed by atoms with Crippen LogP contribution in [0, 0.1) is 11.3 Å². The van der Waals surface area contributed by atoms with Gasteiger partial charge in [0.25, 0.3) is 0 Å². The van der Waals surface area contributed by atoms with Crippen LogP contribution in [0.15, 0.2) is 12.3 Å². The van der Waals surface area contributed by atoms with Gasteiger partial charge in [0.05, 0.1) is 24.1 Å². The van der Waals surface area contributed by atoms with Gasteiger partial charge in [-0.15, -0.1) is 13.2 Å². The van der Waals surface area contributed by atoms with Gasteiger partial charge in [-0.3, -0.25) is 4.98 Å². The topological polar surface area (TPSA) is 66.1 Å². The standard InChI is InChI=1S/C8H5F3N2O2/c9-8(10,11)15-6-1-5(2-12)7(4-14)13-3-6/h1,3,14H,4H2. The molecule has 0 spiro atoms. The van der Waals surface area contributed by atoms with E-state index >= 15 is 0 Å². The zero-order valence-electron chi connectivity index (χ0n) is 7.25. The average molecular weight is 218 g/mol. The lowest BCUT2D eigenvalue weighted by molar-refractivity contribution is -0.274. The molecule has 0 aromatic carbocycles. The minimum absolute atomic E-state index is 0.00650. The van der Waals surface area contributed by atoms with E-state index in [1.165, 1.54) is 0 Å². The van der Waals surface area contributed by atoms with Gasteiger partial charge in [-0.05, 0) is 0 Å². The van der Waals surface area contributed by atoms with E-state index in [1.807, 2.05) is 0 Å². The molecular formula is C8H5F3N2O2. The molecule has 80 valence electrons. The number of nitriles is 1. The summed E-state index contributed by atoms with van der Waals surface area (Å²) in [4.78, 5) is 3.45. The molecule has 0 aliphatic carbocycles. The van der Waals surface area contributed by atoms with Gasteiger partial charge < -0.3 is 9.84 Å². The molecule has 0 unspecified atom stereocenters. The Kier molecular flexibility index (Phi) is 3.11. The number of alkyl halides is 3. The first kappa shape index (κ1) is 11.3. The first-order chi connectivity index (χ1) is 6.96. The maximum absolute atomic E-state index is 11.8. The Morgan fingerprint density at radius 2 is 2.20 bits per heavy atom. The van der Waals surface area contributed by atoms with Gasteiger partial charge in [-0.1, -0.05) is 0 Å². The Morgan fingerprint density at radius 1 is 1.53 bits per heavy atom. The lowest BCUT2D eigenvalue weighted by atomic mass is 10.2. The van der Waals surface area contributed by atoms with Gasteiger partial charge in [0, 0.05) is 6.07 Å². The fraction of sp³-hybridized carbons (Fsp3) is 0.250. The van der Waals surface area contributed by atoms with Crippen LogP contribution >= 0.6 is 0 Å². The van der Waals surface area contributed by atoms with Crippen molar-refractivity contribution in [2.45, 2.75) is 13.0 Å². The summed E-state index contributed by atoms with van der Waals surface area (Å²) >= 11 is 0. The molecule has 1 N–H and O–H groups in total. The number of aromatic nitrogens is 1. The molecule has 1 heterocycles. The third kappa shape index (κ3) is 3.11. The summed E-state index contributed by atoms with van der Waals surface area (Å²) in [6.45, 7) is -0.519. The minimum Gasteiger partial charge on any atom is -0.404 e. The molecule has 0 aliphatic rings. The smallest absolute Gasteiger partial charge is 0.404 e. The Morgan fingerprint density at radius 3 is 2.67 bits per heavy atom. The molecule has 0 saturated carbocycles. The third-order valence-electron chi connectivity index (χ3n) is 1.45. The van der Waals surface area contributed by atoms with E-state index in [0.717, 1.165) is 12.3 Å². The van der Waals surface area contributed by atoms with Gasteiger partial charge >= 0.3 is 6.36 Å². The van der Waals surface area contributed by atoms with Crippen molar-refractivity contribution in [3.63, 3.8) is 0 Å². The maximum Gasteiger partial charge on any atom is 0.573 e. The van der Waals surface area contributed by atoms with E-state index in [-0.39, 0.29) is 11.3 Å². The van der Waals surface area contributed by atoms with E-state index < -0.39 is 18.7 Å². The molecule has 0 bridgehead atoms. The van der Waals surface area contributed by atoms with Crippen LogP contribution in [-0.4, -0.2) is 16.5 Å². The molecular weight excluding hydrogens is 213 g/mol. The monoisotopic (exact) mass is 218 g/mol. The minimum atomic E-state index is -4.82. The molecule has 0 radical (unpaired) electrons. The van der Waals surface area contributed by atoms with E-state index in [4.69, 9.17) is 10.4 Å². The molecule has 15 heavy (non-hydrogen) atoms. The fourth-order valence-corrected chi connectivity index (χ4v) is 0.886. The van der Waals surface area contributed by atoms with Gasteiger partial charge in [0.2, 0.25) is 0 Å². The summed E-state index contributed by atoms with van der Waals surface area (Å²) in [5.74, 6) is -0.587. The number of halogens is 3. The molecule has 4 nitrogen and oxygen atoms in total. The highest BCUT2D eigenvalue weighted by Gasteiger charge is 2.31. The Bertz CT molecular complexity index is 398. The van der Waals surface area contributed by atoms with E-state index in [0.29, 0.717) is 0 Å². The van der Waals surface area contributed by atoms with Crippen LogP contribution in [0.2, 0.25) is 0 Å². The molecule has 7 heteroatoms. The van der Waals surface area contributed by atoms with Crippen LogP contribution in [0.1, 0.15) is 11.3 Å². The van der Waals surface area contributed by atoms with E-state index in [9.17, 15) is 13.2 Å². The molecule has 0 aliphatic heterocycles. The number of ether oxygens (including phenoxy) is 1. The van der Waals surface area contributed by atoms with Crippen LogP contribution in [-0.2, 0) is 6.61 Å². The van der Waals surface area contributed by atoms with Crippen molar-refractivity contribution < 1.29 is 23.0 Å². The van der Waals surface area contributed by atoms with Crippen molar-refractivity contribution in [3.8, 4) is 11.8 Å². The van der Waals surface area contributed by atoms with Crippen LogP contribution in [0.25, 0.3) is 0 Å². The van der Waals surface area contributed by atoms with Gasteiger partial charge in [-0.25, -0.2) is 0 Å². The number of hydrogen-bond donors (Lipinski definition) is 1. The Hall–Kier alpha value is -1.81. The number of nitrogens with zero attached hydrogens (tertiary/aromatic N) is 2. The van der Waals surface area contributed by atoms with Crippen molar-refractivity contribution in [2.75, 3.05) is 0 Å². The fourth-order valence-electron chi connectivity index (χ4n) is 0.886. The number of aliphatic hydroxyl groups excluding tert-OH is 1. The van der Waals surface area contributed by atoms with Gasteiger partial charge in [0.15, 0.2) is 0 Å². The van der Waals surface area contributed by atoms with Crippen molar-refractivity contribution in [1.29, 1.82) is 5.26 Å². The number of rotatable bonds is 2. The Balaban J connectivity index is 3.00. The quantitative estimate of drug-likeness (QED) is 0.813. The number of aliphatic hydroxyl groups is 1. The van der Waals surface area contributed by atoms with Gasteiger partial charge in [-0.2, -0.15) is 5.26 Å². The summed E-state index contributed by atoms with van der Waals surface area (Å²) in [6.07, 6.45) is -4.03. The zero-order valence-corrected chi connectivity index (χ0v) is 7.25. The van der Waals surface area contributed by atoms with Crippen molar-refractivity contribution in [3.05, 3.63) is 23.5 Å². The van der Waals surface area contributed by atoms with Crippen LogP contribution < -0.4 is 4.74 Å². The normalized spacial score (nSPS) is 10.9. The predicted octanol–water partition coefficient (Wildman–Crippen LogP) is 1.34. The molecule has 1 aromatic heterocycles. The summed E-state index contributed by atoms with van der Waals surface area (Å²) < 4.78 is 38.9. The second-order valence-electron chi connectivity index (χ2n) is 2.48. The summed E-state index contributed by atoms with van der Waals surface area (Å²) in [5, 5.41) is 17.2. The highest BCUT2D eigenvalue weighted by molar-refractivity contribution is 5.38. The third-order valence-corrected chi connectivity index (χ3v) is 1.45. The zero-order chi connectivity index (χ0) is 11.5. The Labute approximate surface area is 82.5 Å². The molecule has 1 aromatic rings. The van der Waals surface area contributed by atoms with Gasteiger partial charge in [0.1, 0.15) is 11.8 Å². The van der Waals surface area contributed by atoms with Crippen LogP contribution in [0.4, 0.5) is 13.2 Å². The highest BCUT2D eigenvalue weighted by Crippen LogP contribution is 2.23. The predicted molar refractivity (Wildman–Crippen MR) is 41.6 cm³/mol. The summed E-state index contributed by atoms with van der Waals surface area (Å²) in [5.41, 5.74) is -0.147. The van der Waals surface area contributed by atoms with Crippen molar-refractivity contribution in [1.82, 2.24) is 4.98 Å². The lowest BCUT2D eigenvalue weighted by Gasteiger charge is -2.09. The second-order valence-corrected chi connectivity index (χ2v) is 2.48. The largest absolute Gasteiger partial charge is 0.573 e. The molecule has 0 amide bonds. The first-order valence-electron chi connectivity index (χ1n) is 3.72. The van der Waals surface area contributed by atoms with E-state index in [1.54, 1.807) is 6.07 Å². The van der Waals surface area contributed by atoms with Crippen molar-refractivity contribution >= 4 is 0 Å². The highest BCUT2D eigenvalue weighted by atomic mass is 19.4. The van der Waals surface area contributed by atoms with Crippen molar-refractivity contribution in [2.24, 2.45) is 0 Å². The SMILES string of the molecule is N#Cc1cc(OC(F)(F)F)cnc1CO. The molecule has 0 fully saturated rings. The number of pyridine rings is 1. The molecule has 1 rings (SSSR count). The average Bonchev–Trinajstić information content (AvgIpc) is 2.15. The second kappa shape index (κ2) is 4.14. The maximum atomic E-state index is 11.8. The summed E-state index contributed by atoms with van der Waals surface area (Å²) in [7, 11) is 0. The van der Waals surface area contributed by atoms with Crippen LogP contribution in [0.3, 0.4) is 0 Å². The lowest BCUT2D eigenvalue weighted by Crippen LogP contribution is -2.17. The number of hydrogen-bond acceptors (Lipinski definition) is 4. The molecule has 0 atom stereocenters. The summed E-state index contributed by atoms with van der Waals surface area (Å²) in [6, 6.07) is 2.47. The molecule has 0 saturated heterocycles. The van der Waals surface area contributed by atoms with Crippen LogP contribution in [0.5, 0.6) is 5.75 Å². The van der Waals surface area contributed by atoms with E-state index in [2.05, 4.69) is 9.72 Å². The first-order valence-corrected chi connectivity index (χ1v) is 3.72.